The summed E-state index contributed by atoms with van der Waals surface area (Å²) in [6, 6.07) is 13.0. The van der Waals surface area contributed by atoms with Crippen molar-refractivity contribution in [3.63, 3.8) is 0 Å². The van der Waals surface area contributed by atoms with Crippen molar-refractivity contribution in [3.05, 3.63) is 53.6 Å². The summed E-state index contributed by atoms with van der Waals surface area (Å²) in [5.74, 6) is 0.495. The number of carboxylic acids is 1. The van der Waals surface area contributed by atoms with Gasteiger partial charge < -0.3 is 19.5 Å². The van der Waals surface area contributed by atoms with E-state index in [1.54, 1.807) is 19.2 Å². The molecule has 1 atom stereocenters. The summed E-state index contributed by atoms with van der Waals surface area (Å²) < 4.78 is 11.3. The van der Waals surface area contributed by atoms with E-state index in [-0.39, 0.29) is 11.6 Å². The second-order valence-corrected chi connectivity index (χ2v) is 5.59. The van der Waals surface area contributed by atoms with E-state index in [1.807, 2.05) is 30.3 Å². The Balaban J connectivity index is 1.99. The van der Waals surface area contributed by atoms with Crippen LogP contribution in [0.1, 0.15) is 22.8 Å². The molecule has 0 saturated heterocycles. The van der Waals surface area contributed by atoms with Gasteiger partial charge in [-0.1, -0.05) is 18.2 Å². The number of aromatic carboxylic acids is 1. The molecule has 0 spiro atoms. The number of nitrogens with zero attached hydrogens (tertiary/aromatic N) is 1. The first kappa shape index (κ1) is 15.2. The highest BCUT2D eigenvalue weighted by molar-refractivity contribution is 5.88. The van der Waals surface area contributed by atoms with Crippen LogP contribution in [0.4, 0.5) is 5.69 Å². The molecule has 2 aromatic carbocycles. The molecule has 1 aliphatic heterocycles. The minimum absolute atomic E-state index is 0.131. The zero-order valence-corrected chi connectivity index (χ0v) is 13.2. The Morgan fingerprint density at radius 2 is 2.09 bits per heavy atom. The van der Waals surface area contributed by atoms with Crippen LogP contribution in [0.25, 0.3) is 0 Å². The van der Waals surface area contributed by atoms with E-state index in [9.17, 15) is 4.79 Å². The van der Waals surface area contributed by atoms with Crippen molar-refractivity contribution in [2.45, 2.75) is 19.5 Å². The smallest absolute Gasteiger partial charge is 0.335 e. The molecule has 0 bridgehead atoms. The van der Waals surface area contributed by atoms with Crippen LogP contribution in [0.15, 0.2) is 42.5 Å². The Bertz CT molecular complexity index is 729. The van der Waals surface area contributed by atoms with Crippen LogP contribution < -0.4 is 14.4 Å². The lowest BCUT2D eigenvalue weighted by atomic mass is 10.1. The predicted octanol–water partition coefficient (Wildman–Crippen LogP) is 3.18. The summed E-state index contributed by atoms with van der Waals surface area (Å²) in [6.07, 6.45) is 0. The fourth-order valence-corrected chi connectivity index (χ4v) is 2.78. The van der Waals surface area contributed by atoms with E-state index < -0.39 is 5.97 Å². The van der Waals surface area contributed by atoms with Crippen LogP contribution in [0.3, 0.4) is 0 Å². The van der Waals surface area contributed by atoms with Gasteiger partial charge in [-0.3, -0.25) is 0 Å². The number of carbonyl (C=O) groups is 1. The fourth-order valence-electron chi connectivity index (χ4n) is 2.78. The van der Waals surface area contributed by atoms with Gasteiger partial charge in [0.15, 0.2) is 0 Å². The highest BCUT2D eigenvalue weighted by Gasteiger charge is 2.24. The Hall–Kier alpha value is -2.69. The first-order chi connectivity index (χ1) is 11.1. The van der Waals surface area contributed by atoms with Gasteiger partial charge in [-0.2, -0.15) is 0 Å². The Morgan fingerprint density at radius 3 is 2.83 bits per heavy atom. The minimum atomic E-state index is -0.949. The number of carboxylic acid groups (broad SMARTS) is 1. The molecule has 1 unspecified atom stereocenters. The maximum atomic E-state index is 11.1. The van der Waals surface area contributed by atoms with Gasteiger partial charge >= 0.3 is 5.97 Å². The molecule has 3 rings (SSSR count). The molecule has 0 amide bonds. The summed E-state index contributed by atoms with van der Waals surface area (Å²) in [7, 11) is 1.66. The second kappa shape index (κ2) is 6.20. The first-order valence-electron chi connectivity index (χ1n) is 7.49. The minimum Gasteiger partial charge on any atom is -0.495 e. The number of fused-ring (bicyclic) bond motifs is 1. The quantitative estimate of drug-likeness (QED) is 0.943. The van der Waals surface area contributed by atoms with Crippen molar-refractivity contribution >= 4 is 11.7 Å². The van der Waals surface area contributed by atoms with Gasteiger partial charge in [0.1, 0.15) is 18.1 Å². The summed E-state index contributed by atoms with van der Waals surface area (Å²) >= 11 is 0. The largest absolute Gasteiger partial charge is 0.495 e. The third-order valence-electron chi connectivity index (χ3n) is 4.06. The van der Waals surface area contributed by atoms with Crippen LogP contribution >= 0.6 is 0 Å². The Labute approximate surface area is 135 Å². The molecule has 5 nitrogen and oxygen atoms in total. The molecule has 0 fully saturated rings. The molecule has 0 radical (unpaired) electrons. The zero-order chi connectivity index (χ0) is 16.4. The Kier molecular flexibility index (Phi) is 4.10. The summed E-state index contributed by atoms with van der Waals surface area (Å²) in [5.41, 5.74) is 2.20. The van der Waals surface area contributed by atoms with Crippen LogP contribution in [0.2, 0.25) is 0 Å². The van der Waals surface area contributed by atoms with E-state index in [2.05, 4.69) is 11.8 Å². The third-order valence-corrected chi connectivity index (χ3v) is 4.06. The lowest BCUT2D eigenvalue weighted by molar-refractivity contribution is 0.0696. The number of hydrogen-bond donors (Lipinski definition) is 1. The van der Waals surface area contributed by atoms with Crippen LogP contribution in [-0.4, -0.2) is 30.8 Å². The number of ether oxygens (including phenoxy) is 2. The molecular formula is C18H19NO4. The number of benzene rings is 2. The molecule has 1 N–H and O–H groups in total. The van der Waals surface area contributed by atoms with E-state index in [0.29, 0.717) is 18.9 Å². The van der Waals surface area contributed by atoms with Crippen LogP contribution in [-0.2, 0) is 6.54 Å². The fraction of sp³-hybridized carbons (Fsp3) is 0.278. The lowest BCUT2D eigenvalue weighted by Crippen LogP contribution is -2.35. The van der Waals surface area contributed by atoms with Crippen molar-refractivity contribution in [2.24, 2.45) is 0 Å². The van der Waals surface area contributed by atoms with Gasteiger partial charge in [0.2, 0.25) is 0 Å². The predicted molar refractivity (Wildman–Crippen MR) is 87.5 cm³/mol. The van der Waals surface area contributed by atoms with Gasteiger partial charge in [0.05, 0.1) is 24.4 Å². The van der Waals surface area contributed by atoms with Crippen molar-refractivity contribution in [3.8, 4) is 11.5 Å². The van der Waals surface area contributed by atoms with E-state index in [4.69, 9.17) is 14.6 Å². The highest BCUT2D eigenvalue weighted by atomic mass is 16.5. The molecule has 0 aromatic heterocycles. The summed E-state index contributed by atoms with van der Waals surface area (Å²) in [4.78, 5) is 13.3. The summed E-state index contributed by atoms with van der Waals surface area (Å²) in [5, 5.41) is 9.12. The molecular weight excluding hydrogens is 294 g/mol. The van der Waals surface area contributed by atoms with Gasteiger partial charge in [-0.05, 0) is 31.2 Å². The van der Waals surface area contributed by atoms with Crippen LogP contribution in [0.5, 0.6) is 11.5 Å². The van der Waals surface area contributed by atoms with Crippen LogP contribution in [0, 0.1) is 0 Å². The molecule has 1 aliphatic rings. The standard InChI is InChI=1S/C18H19NO4/c1-12-11-23-17-9-13(18(20)21)7-8-14(17)10-19(12)15-5-3-4-6-16(15)22-2/h3-9,12H,10-11H2,1-2H3,(H,20,21). The highest BCUT2D eigenvalue weighted by Crippen LogP contribution is 2.34. The number of methoxy groups -OCH3 is 1. The van der Waals surface area contributed by atoms with Gasteiger partial charge in [-0.25, -0.2) is 4.79 Å². The zero-order valence-electron chi connectivity index (χ0n) is 13.2. The van der Waals surface area contributed by atoms with Gasteiger partial charge in [-0.15, -0.1) is 0 Å². The molecule has 1 heterocycles. The van der Waals surface area contributed by atoms with E-state index in [1.165, 1.54) is 0 Å². The average molecular weight is 313 g/mol. The van der Waals surface area contributed by atoms with Crippen molar-refractivity contribution in [1.29, 1.82) is 0 Å². The topological polar surface area (TPSA) is 59.0 Å². The monoisotopic (exact) mass is 313 g/mol. The molecule has 23 heavy (non-hydrogen) atoms. The first-order valence-corrected chi connectivity index (χ1v) is 7.49. The number of rotatable bonds is 3. The van der Waals surface area contributed by atoms with Crippen molar-refractivity contribution < 1.29 is 19.4 Å². The SMILES string of the molecule is COc1ccccc1N1Cc2ccc(C(=O)O)cc2OCC1C. The summed E-state index contributed by atoms with van der Waals surface area (Å²) in [6.45, 7) is 3.20. The number of anilines is 1. The van der Waals surface area contributed by atoms with Crippen molar-refractivity contribution in [1.82, 2.24) is 0 Å². The van der Waals surface area contributed by atoms with Gasteiger partial charge in [0, 0.05) is 12.1 Å². The molecule has 2 aromatic rings. The molecule has 0 aliphatic carbocycles. The number of para-hydroxylation sites is 2. The number of hydrogen-bond acceptors (Lipinski definition) is 4. The Morgan fingerprint density at radius 1 is 1.30 bits per heavy atom. The molecule has 120 valence electrons. The average Bonchev–Trinajstić information content (AvgIpc) is 2.73. The molecule has 0 saturated carbocycles. The van der Waals surface area contributed by atoms with E-state index in [0.717, 1.165) is 17.0 Å². The normalized spacial score (nSPS) is 17.0. The molecule has 5 heteroatoms. The van der Waals surface area contributed by atoms with Crippen molar-refractivity contribution in [2.75, 3.05) is 18.6 Å². The van der Waals surface area contributed by atoms with Gasteiger partial charge in [0.25, 0.3) is 0 Å². The maximum Gasteiger partial charge on any atom is 0.335 e. The second-order valence-electron chi connectivity index (χ2n) is 5.59. The third kappa shape index (κ3) is 2.95. The van der Waals surface area contributed by atoms with E-state index >= 15 is 0 Å². The maximum absolute atomic E-state index is 11.1. The lowest BCUT2D eigenvalue weighted by Gasteiger charge is -2.29.